The zero-order chi connectivity index (χ0) is 19.3. The van der Waals surface area contributed by atoms with Gasteiger partial charge in [0.15, 0.2) is 0 Å². The van der Waals surface area contributed by atoms with Gasteiger partial charge in [-0.3, -0.25) is 4.79 Å². The molecule has 0 spiro atoms. The van der Waals surface area contributed by atoms with Gasteiger partial charge in [-0.1, -0.05) is 12.8 Å². The van der Waals surface area contributed by atoms with E-state index in [0.717, 1.165) is 32.2 Å². The summed E-state index contributed by atoms with van der Waals surface area (Å²) in [6.45, 7) is 2.60. The summed E-state index contributed by atoms with van der Waals surface area (Å²) in [6, 6.07) is 2.90. The monoisotopic (exact) mass is 386 g/mol. The maximum atomic E-state index is 13.9. The fourth-order valence-electron chi connectivity index (χ4n) is 3.52. The van der Waals surface area contributed by atoms with E-state index in [1.54, 1.807) is 12.3 Å². The number of anilines is 3. The van der Waals surface area contributed by atoms with Gasteiger partial charge in [-0.2, -0.15) is 4.39 Å². The molecular weight excluding hydrogens is 363 g/mol. The number of nitrogens with zero attached hydrogens (tertiary/aromatic N) is 4. The molecule has 0 radical (unpaired) electrons. The van der Waals surface area contributed by atoms with Crippen molar-refractivity contribution >= 4 is 23.2 Å². The molecule has 1 atom stereocenters. The smallest absolute Gasteiger partial charge is 0.274 e. The van der Waals surface area contributed by atoms with Crippen LogP contribution in [0.4, 0.5) is 21.7 Å². The summed E-state index contributed by atoms with van der Waals surface area (Å²) in [5, 5.41) is 5.97. The van der Waals surface area contributed by atoms with Crippen molar-refractivity contribution in [3.05, 3.63) is 36.2 Å². The summed E-state index contributed by atoms with van der Waals surface area (Å²) in [6.07, 6.45) is 7.01. The van der Waals surface area contributed by atoms with Crippen LogP contribution in [0.2, 0.25) is 0 Å². The highest BCUT2D eigenvalue weighted by molar-refractivity contribution is 6.04. The summed E-state index contributed by atoms with van der Waals surface area (Å²) in [5.41, 5.74) is 1.29. The van der Waals surface area contributed by atoms with Crippen molar-refractivity contribution < 1.29 is 13.9 Å². The van der Waals surface area contributed by atoms with Crippen LogP contribution in [-0.4, -0.2) is 53.2 Å². The van der Waals surface area contributed by atoms with Crippen molar-refractivity contribution in [1.82, 2.24) is 15.0 Å². The predicted octanol–water partition coefficient (Wildman–Crippen LogP) is 2.45. The van der Waals surface area contributed by atoms with Crippen molar-refractivity contribution in [3.8, 4) is 0 Å². The molecule has 4 heterocycles. The molecule has 9 heteroatoms. The van der Waals surface area contributed by atoms with Gasteiger partial charge >= 0.3 is 0 Å². The van der Waals surface area contributed by atoms with E-state index in [2.05, 4.69) is 25.6 Å². The molecule has 0 saturated carbocycles. The third-order valence-corrected chi connectivity index (χ3v) is 4.95. The second-order valence-electron chi connectivity index (χ2n) is 6.96. The van der Waals surface area contributed by atoms with Gasteiger partial charge in [0, 0.05) is 31.9 Å². The van der Waals surface area contributed by atoms with Crippen molar-refractivity contribution in [1.29, 1.82) is 0 Å². The van der Waals surface area contributed by atoms with Gasteiger partial charge in [0.25, 0.3) is 5.91 Å². The molecule has 2 N–H and O–H groups in total. The third-order valence-electron chi connectivity index (χ3n) is 4.95. The number of aromatic nitrogens is 3. The Morgan fingerprint density at radius 2 is 2.18 bits per heavy atom. The van der Waals surface area contributed by atoms with Gasteiger partial charge in [-0.05, 0) is 18.9 Å². The van der Waals surface area contributed by atoms with E-state index in [1.165, 1.54) is 12.3 Å². The van der Waals surface area contributed by atoms with Crippen LogP contribution in [0.15, 0.2) is 24.5 Å². The number of fused-ring (bicyclic) bond motifs is 6. The number of morpholine rings is 1. The molecule has 2 aliphatic rings. The highest BCUT2D eigenvalue weighted by Crippen LogP contribution is 2.29. The van der Waals surface area contributed by atoms with Crippen LogP contribution in [0.1, 0.15) is 36.2 Å². The fourth-order valence-corrected chi connectivity index (χ4v) is 3.52. The Balaban J connectivity index is 1.66. The first-order chi connectivity index (χ1) is 13.7. The van der Waals surface area contributed by atoms with Gasteiger partial charge in [-0.25, -0.2) is 15.0 Å². The SMILES string of the molecule is O=C1Nc2cnc(F)cc2N2CCOC(CCCCCNc3nccc1n3)C2. The zero-order valence-corrected chi connectivity index (χ0v) is 15.5. The lowest BCUT2D eigenvalue weighted by molar-refractivity contribution is 0.0337. The van der Waals surface area contributed by atoms with E-state index in [9.17, 15) is 9.18 Å². The van der Waals surface area contributed by atoms with Gasteiger partial charge in [-0.15, -0.1) is 0 Å². The van der Waals surface area contributed by atoms with E-state index in [-0.39, 0.29) is 11.8 Å². The first-order valence-electron chi connectivity index (χ1n) is 9.59. The quantitative estimate of drug-likeness (QED) is 0.672. The molecule has 0 aliphatic carbocycles. The topological polar surface area (TPSA) is 92.3 Å². The number of halogens is 1. The molecular formula is C19H23FN6O2. The van der Waals surface area contributed by atoms with Crippen LogP contribution in [0.25, 0.3) is 0 Å². The summed E-state index contributed by atoms with van der Waals surface area (Å²) in [5.74, 6) is -0.558. The summed E-state index contributed by atoms with van der Waals surface area (Å²) < 4.78 is 19.7. The second-order valence-corrected chi connectivity index (χ2v) is 6.96. The standard InChI is InChI=1S/C19H23FN6O2/c20-17-10-16-15(11-23-17)24-18(27)14-5-7-22-19(25-14)21-6-3-1-2-4-13-12-26(16)8-9-28-13/h5,7,10-11,13H,1-4,6,8-9,12H2,(H,24,27)(H,21,22,25). The molecule has 8 nitrogen and oxygen atoms in total. The summed E-state index contributed by atoms with van der Waals surface area (Å²) in [7, 11) is 0. The Morgan fingerprint density at radius 1 is 1.25 bits per heavy atom. The van der Waals surface area contributed by atoms with Crippen molar-refractivity contribution in [3.63, 3.8) is 0 Å². The lowest BCUT2D eigenvalue weighted by Crippen LogP contribution is -2.43. The summed E-state index contributed by atoms with van der Waals surface area (Å²) >= 11 is 0. The number of pyridine rings is 1. The number of rotatable bonds is 0. The van der Waals surface area contributed by atoms with Crippen LogP contribution in [0, 0.1) is 5.95 Å². The molecule has 0 aromatic carbocycles. The predicted molar refractivity (Wildman–Crippen MR) is 103 cm³/mol. The van der Waals surface area contributed by atoms with E-state index >= 15 is 0 Å². The maximum Gasteiger partial charge on any atom is 0.274 e. The molecule has 28 heavy (non-hydrogen) atoms. The minimum Gasteiger partial charge on any atom is -0.375 e. The Morgan fingerprint density at radius 3 is 3.11 bits per heavy atom. The van der Waals surface area contributed by atoms with Gasteiger partial charge in [0.1, 0.15) is 5.69 Å². The van der Waals surface area contributed by atoms with E-state index in [1.807, 2.05) is 4.90 Å². The number of hydrogen-bond acceptors (Lipinski definition) is 7. The number of nitrogens with one attached hydrogen (secondary N) is 2. The number of carbonyl (C=O) groups is 1. The highest BCUT2D eigenvalue weighted by Gasteiger charge is 2.24. The lowest BCUT2D eigenvalue weighted by Gasteiger charge is -2.35. The molecule has 148 valence electrons. The summed E-state index contributed by atoms with van der Waals surface area (Å²) in [4.78, 5) is 26.9. The first-order valence-corrected chi connectivity index (χ1v) is 9.59. The minimum atomic E-state index is -0.584. The molecule has 1 unspecified atom stereocenters. The van der Waals surface area contributed by atoms with Crippen LogP contribution in [0.5, 0.6) is 0 Å². The molecule has 2 aromatic heterocycles. The lowest BCUT2D eigenvalue weighted by atomic mass is 10.1. The Labute approximate surface area is 162 Å². The van der Waals surface area contributed by atoms with Crippen LogP contribution in [-0.2, 0) is 4.74 Å². The Bertz CT molecular complexity index is 849. The number of amides is 1. The minimum absolute atomic E-state index is 0.0884. The van der Waals surface area contributed by atoms with Gasteiger partial charge in [0.05, 0.1) is 30.3 Å². The zero-order valence-electron chi connectivity index (χ0n) is 15.5. The van der Waals surface area contributed by atoms with E-state index in [4.69, 9.17) is 4.74 Å². The first kappa shape index (κ1) is 18.5. The molecule has 4 rings (SSSR count). The van der Waals surface area contributed by atoms with E-state index < -0.39 is 11.9 Å². The molecule has 2 aliphatic heterocycles. The molecule has 1 amide bonds. The average Bonchev–Trinajstić information content (AvgIpc) is 2.71. The third kappa shape index (κ3) is 4.36. The van der Waals surface area contributed by atoms with E-state index in [0.29, 0.717) is 37.0 Å². The van der Waals surface area contributed by atoms with Crippen molar-refractivity contribution in [2.75, 3.05) is 41.8 Å². The van der Waals surface area contributed by atoms with Crippen LogP contribution < -0.4 is 15.5 Å². The van der Waals surface area contributed by atoms with Crippen molar-refractivity contribution in [2.45, 2.75) is 31.8 Å². The van der Waals surface area contributed by atoms with Gasteiger partial charge in [0.2, 0.25) is 11.9 Å². The second kappa shape index (κ2) is 8.47. The normalized spacial score (nSPS) is 20.7. The van der Waals surface area contributed by atoms with Crippen LogP contribution in [0.3, 0.4) is 0 Å². The highest BCUT2D eigenvalue weighted by atomic mass is 19.1. The van der Waals surface area contributed by atoms with Crippen molar-refractivity contribution in [2.24, 2.45) is 0 Å². The average molecular weight is 386 g/mol. The number of hydrogen-bond donors (Lipinski definition) is 2. The molecule has 2 aromatic rings. The van der Waals surface area contributed by atoms with Crippen LogP contribution >= 0.6 is 0 Å². The Kier molecular flexibility index (Phi) is 5.61. The van der Waals surface area contributed by atoms with Gasteiger partial charge < -0.3 is 20.3 Å². The maximum absolute atomic E-state index is 13.9. The molecule has 1 saturated heterocycles. The molecule has 1 fully saturated rings. The largest absolute Gasteiger partial charge is 0.375 e. The number of ether oxygens (including phenoxy) is 1. The molecule has 4 bridgehead atoms. The Hall–Kier alpha value is -2.81. The number of carbonyl (C=O) groups excluding carboxylic acids is 1. The fraction of sp³-hybridized carbons (Fsp3) is 0.474.